The van der Waals surface area contributed by atoms with Crippen molar-refractivity contribution in [1.82, 2.24) is 0 Å². The summed E-state index contributed by atoms with van der Waals surface area (Å²) in [5.41, 5.74) is 2.32. The molecule has 1 fully saturated rings. The van der Waals surface area contributed by atoms with E-state index in [-0.39, 0.29) is 5.75 Å². The van der Waals surface area contributed by atoms with Crippen LogP contribution in [0.5, 0.6) is 11.5 Å². The molecule has 0 spiro atoms. The van der Waals surface area contributed by atoms with Crippen molar-refractivity contribution in [3.8, 4) is 11.5 Å². The molecule has 0 aliphatic heterocycles. The van der Waals surface area contributed by atoms with Crippen LogP contribution in [0, 0.1) is 0 Å². The summed E-state index contributed by atoms with van der Waals surface area (Å²) >= 11 is 0. The molecule has 1 aliphatic rings. The van der Waals surface area contributed by atoms with Gasteiger partial charge in [0.1, 0.15) is 11.5 Å². The Balaban J connectivity index is 1.71. The summed E-state index contributed by atoms with van der Waals surface area (Å²) in [7, 11) is 0. The molecule has 104 valence electrons. The number of rotatable bonds is 2. The van der Waals surface area contributed by atoms with Crippen LogP contribution < -0.4 is 0 Å². The number of aromatic hydroxyl groups is 2. The van der Waals surface area contributed by atoms with E-state index in [1.807, 2.05) is 0 Å². The Morgan fingerprint density at radius 1 is 0.750 bits per heavy atom. The zero-order valence-corrected chi connectivity index (χ0v) is 11.5. The molecule has 1 saturated carbocycles. The molecule has 20 heavy (non-hydrogen) atoms. The lowest BCUT2D eigenvalue weighted by atomic mass is 9.76. The maximum absolute atomic E-state index is 9.96. The molecule has 0 heterocycles. The van der Waals surface area contributed by atoms with E-state index in [2.05, 4.69) is 30.3 Å². The molecule has 0 bridgehead atoms. The molecule has 0 amide bonds. The molecular weight excluding hydrogens is 248 g/mol. The van der Waals surface area contributed by atoms with Gasteiger partial charge < -0.3 is 10.2 Å². The van der Waals surface area contributed by atoms with Crippen LogP contribution in [0.25, 0.3) is 0 Å². The molecule has 2 N–H and O–H groups in total. The van der Waals surface area contributed by atoms with Gasteiger partial charge in [-0.05, 0) is 61.3 Å². The maximum atomic E-state index is 9.96. The second-order valence-corrected chi connectivity index (χ2v) is 5.70. The highest BCUT2D eigenvalue weighted by Gasteiger charge is 2.25. The monoisotopic (exact) mass is 268 g/mol. The largest absolute Gasteiger partial charge is 0.508 e. The molecule has 3 rings (SSSR count). The number of benzene rings is 2. The maximum Gasteiger partial charge on any atom is 0.119 e. The molecule has 2 aromatic rings. The Labute approximate surface area is 119 Å². The van der Waals surface area contributed by atoms with Crippen LogP contribution in [0.2, 0.25) is 0 Å². The predicted octanol–water partition coefficient (Wildman–Crippen LogP) is 4.54. The van der Waals surface area contributed by atoms with E-state index < -0.39 is 0 Å². The number of hydrogen-bond donors (Lipinski definition) is 2. The smallest absolute Gasteiger partial charge is 0.119 e. The van der Waals surface area contributed by atoms with Crippen molar-refractivity contribution in [2.45, 2.75) is 37.5 Å². The highest BCUT2D eigenvalue weighted by Crippen LogP contribution is 2.43. The van der Waals surface area contributed by atoms with Gasteiger partial charge in [-0.3, -0.25) is 0 Å². The Morgan fingerprint density at radius 3 is 2.10 bits per heavy atom. The van der Waals surface area contributed by atoms with Crippen molar-refractivity contribution < 1.29 is 10.2 Å². The normalized spacial score (nSPS) is 22.6. The zero-order chi connectivity index (χ0) is 13.9. The van der Waals surface area contributed by atoms with Gasteiger partial charge in [0.15, 0.2) is 0 Å². The second kappa shape index (κ2) is 5.58. The van der Waals surface area contributed by atoms with E-state index in [9.17, 15) is 10.2 Å². The molecule has 0 atom stereocenters. The lowest BCUT2D eigenvalue weighted by Gasteiger charge is -2.29. The minimum Gasteiger partial charge on any atom is -0.508 e. The van der Waals surface area contributed by atoms with Gasteiger partial charge in [0.25, 0.3) is 0 Å². The molecule has 0 saturated heterocycles. The standard InChI is InChI=1S/C18H20O2/c19-16-10-11-18(20)17(12-16)15-8-6-14(7-9-15)13-4-2-1-3-5-13/h1-5,10-12,14-15,19-20H,6-9H2. The first-order chi connectivity index (χ1) is 9.74. The first-order valence-corrected chi connectivity index (χ1v) is 7.31. The van der Waals surface area contributed by atoms with Crippen molar-refractivity contribution in [3.63, 3.8) is 0 Å². The van der Waals surface area contributed by atoms with Gasteiger partial charge in [0.2, 0.25) is 0 Å². The third kappa shape index (κ3) is 2.64. The highest BCUT2D eigenvalue weighted by molar-refractivity contribution is 5.41. The summed E-state index contributed by atoms with van der Waals surface area (Å²) in [5.74, 6) is 1.54. The van der Waals surface area contributed by atoms with Crippen LogP contribution >= 0.6 is 0 Å². The summed E-state index contributed by atoms with van der Waals surface area (Å²) in [6.07, 6.45) is 4.42. The summed E-state index contributed by atoms with van der Waals surface area (Å²) in [6, 6.07) is 15.5. The first-order valence-electron chi connectivity index (χ1n) is 7.31. The average Bonchev–Trinajstić information content (AvgIpc) is 2.51. The van der Waals surface area contributed by atoms with Crippen molar-refractivity contribution in [1.29, 1.82) is 0 Å². The van der Waals surface area contributed by atoms with Crippen LogP contribution in [-0.4, -0.2) is 10.2 Å². The minimum atomic E-state index is 0.239. The first kappa shape index (κ1) is 13.0. The van der Waals surface area contributed by atoms with Crippen LogP contribution in [0.3, 0.4) is 0 Å². The van der Waals surface area contributed by atoms with E-state index in [0.29, 0.717) is 17.6 Å². The summed E-state index contributed by atoms with van der Waals surface area (Å²) in [5, 5.41) is 19.5. The lowest BCUT2D eigenvalue weighted by Crippen LogP contribution is -2.12. The predicted molar refractivity (Wildman–Crippen MR) is 80.2 cm³/mol. The van der Waals surface area contributed by atoms with Gasteiger partial charge in [-0.2, -0.15) is 0 Å². The van der Waals surface area contributed by atoms with Crippen molar-refractivity contribution >= 4 is 0 Å². The molecule has 0 radical (unpaired) electrons. The van der Waals surface area contributed by atoms with Crippen LogP contribution in [0.1, 0.15) is 48.6 Å². The third-order valence-corrected chi connectivity index (χ3v) is 4.45. The molecule has 2 nitrogen and oxygen atoms in total. The highest BCUT2D eigenvalue weighted by atomic mass is 16.3. The topological polar surface area (TPSA) is 40.5 Å². The van der Waals surface area contributed by atoms with Crippen molar-refractivity contribution in [2.75, 3.05) is 0 Å². The average molecular weight is 268 g/mol. The summed E-state index contributed by atoms with van der Waals surface area (Å²) < 4.78 is 0. The van der Waals surface area contributed by atoms with Gasteiger partial charge in [0, 0.05) is 5.56 Å². The fourth-order valence-electron chi connectivity index (χ4n) is 3.33. The lowest BCUT2D eigenvalue weighted by molar-refractivity contribution is 0.379. The van der Waals surface area contributed by atoms with Gasteiger partial charge >= 0.3 is 0 Å². The van der Waals surface area contributed by atoms with Gasteiger partial charge in [-0.15, -0.1) is 0 Å². The zero-order valence-electron chi connectivity index (χ0n) is 11.5. The minimum absolute atomic E-state index is 0.239. The van der Waals surface area contributed by atoms with E-state index in [1.54, 1.807) is 12.1 Å². The van der Waals surface area contributed by atoms with Crippen molar-refractivity contribution in [2.24, 2.45) is 0 Å². The van der Waals surface area contributed by atoms with E-state index in [4.69, 9.17) is 0 Å². The molecule has 0 unspecified atom stereocenters. The van der Waals surface area contributed by atoms with E-state index >= 15 is 0 Å². The van der Waals surface area contributed by atoms with E-state index in [1.165, 1.54) is 11.6 Å². The van der Waals surface area contributed by atoms with Gasteiger partial charge in [-0.1, -0.05) is 30.3 Å². The number of hydrogen-bond acceptors (Lipinski definition) is 2. The molecule has 2 heteroatoms. The Hall–Kier alpha value is -1.96. The van der Waals surface area contributed by atoms with Gasteiger partial charge in [0.05, 0.1) is 0 Å². The van der Waals surface area contributed by atoms with Crippen LogP contribution in [-0.2, 0) is 0 Å². The Morgan fingerprint density at radius 2 is 1.40 bits per heavy atom. The van der Waals surface area contributed by atoms with Crippen LogP contribution in [0.15, 0.2) is 48.5 Å². The summed E-state index contributed by atoms with van der Waals surface area (Å²) in [4.78, 5) is 0. The fraction of sp³-hybridized carbons (Fsp3) is 0.333. The Bertz CT molecular complexity index is 569. The number of phenols is 2. The third-order valence-electron chi connectivity index (χ3n) is 4.45. The molecule has 0 aromatic heterocycles. The molecule has 1 aliphatic carbocycles. The second-order valence-electron chi connectivity index (χ2n) is 5.70. The SMILES string of the molecule is Oc1ccc(O)c(C2CCC(c3ccccc3)CC2)c1. The summed E-state index contributed by atoms with van der Waals surface area (Å²) in [6.45, 7) is 0. The quantitative estimate of drug-likeness (QED) is 0.785. The van der Waals surface area contributed by atoms with Crippen LogP contribution in [0.4, 0.5) is 0 Å². The van der Waals surface area contributed by atoms with Crippen molar-refractivity contribution in [3.05, 3.63) is 59.7 Å². The molecule has 2 aromatic carbocycles. The van der Waals surface area contributed by atoms with E-state index in [0.717, 1.165) is 31.2 Å². The van der Waals surface area contributed by atoms with Gasteiger partial charge in [-0.25, -0.2) is 0 Å². The molecular formula is C18H20O2. The Kier molecular flexibility index (Phi) is 3.64. The fourth-order valence-corrected chi connectivity index (χ4v) is 3.33. The number of phenolic OH excluding ortho intramolecular Hbond substituents is 2.